The van der Waals surface area contributed by atoms with Crippen LogP contribution in [-0.4, -0.2) is 58.5 Å². The summed E-state index contributed by atoms with van der Waals surface area (Å²) < 4.78 is 0. The summed E-state index contributed by atoms with van der Waals surface area (Å²) in [5.41, 5.74) is 5.50. The van der Waals surface area contributed by atoms with Crippen LogP contribution in [0.25, 0.3) is 0 Å². The predicted molar refractivity (Wildman–Crippen MR) is 75.2 cm³/mol. The summed E-state index contributed by atoms with van der Waals surface area (Å²) in [6.07, 6.45) is -0.104. The van der Waals surface area contributed by atoms with Crippen molar-refractivity contribution in [3.63, 3.8) is 0 Å². The Morgan fingerprint density at radius 1 is 1.25 bits per heavy atom. The second-order valence-electron chi connectivity index (χ2n) is 4.08. The number of benzene rings is 1. The van der Waals surface area contributed by atoms with Crippen molar-refractivity contribution in [3.05, 3.63) is 30.3 Å². The van der Waals surface area contributed by atoms with E-state index in [1.54, 1.807) is 30.3 Å². The molecule has 0 saturated heterocycles. The molecule has 0 heterocycles. The number of nitrogens with zero attached hydrogens (tertiary/aromatic N) is 1. The van der Waals surface area contributed by atoms with E-state index < -0.39 is 23.8 Å². The Hall–Kier alpha value is -1.37. The molecule has 20 heavy (non-hydrogen) atoms. The number of primary amides is 1. The molecule has 0 saturated carbocycles. The van der Waals surface area contributed by atoms with Crippen LogP contribution in [0.2, 0.25) is 0 Å². The first-order valence-electron chi connectivity index (χ1n) is 5.79. The maximum atomic E-state index is 11.7. The monoisotopic (exact) mass is 287 g/mol. The SMILES string of the molecule is CC(=O)N(c1ccccc1)[C@@H](CCC(N)=O)C(=O)O.[Na]. The molecule has 1 radical (unpaired) electrons. The van der Waals surface area contributed by atoms with Crippen LogP contribution in [0.15, 0.2) is 30.3 Å². The minimum absolute atomic E-state index is 0. The molecule has 1 aromatic carbocycles. The normalized spacial score (nSPS) is 11.1. The summed E-state index contributed by atoms with van der Waals surface area (Å²) in [6.45, 7) is 1.28. The summed E-state index contributed by atoms with van der Waals surface area (Å²) >= 11 is 0. The second kappa shape index (κ2) is 8.73. The van der Waals surface area contributed by atoms with Crippen LogP contribution in [0.5, 0.6) is 0 Å². The third-order valence-electron chi connectivity index (χ3n) is 2.63. The minimum Gasteiger partial charge on any atom is -0.480 e. The predicted octanol–water partition coefficient (Wildman–Crippen LogP) is 0.377. The number of carboxylic acid groups (broad SMARTS) is 1. The average Bonchev–Trinajstić information content (AvgIpc) is 2.34. The average molecular weight is 287 g/mol. The molecular formula is C13H16N2NaO4. The van der Waals surface area contributed by atoms with Gasteiger partial charge in [-0.15, -0.1) is 0 Å². The van der Waals surface area contributed by atoms with Crippen molar-refractivity contribution < 1.29 is 19.5 Å². The van der Waals surface area contributed by atoms with Crippen LogP contribution in [0.4, 0.5) is 5.69 Å². The molecule has 2 amide bonds. The molecule has 1 atom stereocenters. The molecular weight excluding hydrogens is 271 g/mol. The number of para-hydroxylation sites is 1. The van der Waals surface area contributed by atoms with E-state index >= 15 is 0 Å². The van der Waals surface area contributed by atoms with Gasteiger partial charge in [0.1, 0.15) is 6.04 Å². The molecule has 0 spiro atoms. The molecule has 0 aromatic heterocycles. The van der Waals surface area contributed by atoms with Crippen molar-refractivity contribution in [2.75, 3.05) is 4.90 Å². The topological polar surface area (TPSA) is 101 Å². The number of anilines is 1. The van der Waals surface area contributed by atoms with E-state index in [-0.39, 0.29) is 42.4 Å². The molecule has 3 N–H and O–H groups in total. The van der Waals surface area contributed by atoms with Gasteiger partial charge >= 0.3 is 5.97 Å². The zero-order valence-corrected chi connectivity index (χ0v) is 13.6. The Morgan fingerprint density at radius 3 is 2.20 bits per heavy atom. The molecule has 1 rings (SSSR count). The summed E-state index contributed by atoms with van der Waals surface area (Å²) in [7, 11) is 0. The fourth-order valence-electron chi connectivity index (χ4n) is 1.81. The number of amides is 2. The third-order valence-corrected chi connectivity index (χ3v) is 2.63. The first-order valence-corrected chi connectivity index (χ1v) is 5.79. The maximum absolute atomic E-state index is 11.7. The van der Waals surface area contributed by atoms with Gasteiger partial charge in [0.05, 0.1) is 0 Å². The van der Waals surface area contributed by atoms with Crippen molar-refractivity contribution in [1.29, 1.82) is 0 Å². The summed E-state index contributed by atoms with van der Waals surface area (Å²) in [5, 5.41) is 9.22. The van der Waals surface area contributed by atoms with Gasteiger partial charge in [-0.3, -0.25) is 14.5 Å². The van der Waals surface area contributed by atoms with E-state index in [1.807, 2.05) is 0 Å². The fraction of sp³-hybridized carbons (Fsp3) is 0.308. The van der Waals surface area contributed by atoms with E-state index in [4.69, 9.17) is 5.73 Å². The number of hydrogen-bond donors (Lipinski definition) is 2. The van der Waals surface area contributed by atoms with Gasteiger partial charge in [-0.05, 0) is 18.6 Å². The minimum atomic E-state index is -1.17. The molecule has 103 valence electrons. The summed E-state index contributed by atoms with van der Waals surface area (Å²) in [5.74, 6) is -2.16. The zero-order valence-electron chi connectivity index (χ0n) is 11.6. The second-order valence-corrected chi connectivity index (χ2v) is 4.08. The molecule has 6 nitrogen and oxygen atoms in total. The Morgan fingerprint density at radius 2 is 1.80 bits per heavy atom. The van der Waals surface area contributed by atoms with Crippen molar-refractivity contribution in [1.82, 2.24) is 0 Å². The maximum Gasteiger partial charge on any atom is 0.326 e. The van der Waals surface area contributed by atoms with Gasteiger partial charge in [0, 0.05) is 48.6 Å². The van der Waals surface area contributed by atoms with E-state index in [0.29, 0.717) is 5.69 Å². The number of carboxylic acids is 1. The van der Waals surface area contributed by atoms with Crippen molar-refractivity contribution in [3.8, 4) is 0 Å². The number of carbonyl (C=O) groups excluding carboxylic acids is 2. The molecule has 0 aliphatic carbocycles. The number of carbonyl (C=O) groups is 3. The first-order chi connectivity index (χ1) is 8.93. The number of hydrogen-bond acceptors (Lipinski definition) is 3. The Kier molecular flexibility index (Phi) is 8.13. The van der Waals surface area contributed by atoms with Gasteiger partial charge in [0.2, 0.25) is 11.8 Å². The van der Waals surface area contributed by atoms with Gasteiger partial charge in [-0.2, -0.15) is 0 Å². The molecule has 0 bridgehead atoms. The fourth-order valence-corrected chi connectivity index (χ4v) is 1.81. The van der Waals surface area contributed by atoms with Gasteiger partial charge < -0.3 is 10.8 Å². The zero-order chi connectivity index (χ0) is 14.4. The van der Waals surface area contributed by atoms with Gasteiger partial charge in [-0.1, -0.05) is 18.2 Å². The van der Waals surface area contributed by atoms with Crippen LogP contribution >= 0.6 is 0 Å². The van der Waals surface area contributed by atoms with Crippen LogP contribution in [0.3, 0.4) is 0 Å². The smallest absolute Gasteiger partial charge is 0.326 e. The van der Waals surface area contributed by atoms with E-state index in [2.05, 4.69) is 0 Å². The number of aliphatic carboxylic acids is 1. The largest absolute Gasteiger partial charge is 0.480 e. The van der Waals surface area contributed by atoms with Gasteiger partial charge in [-0.25, -0.2) is 4.79 Å². The summed E-state index contributed by atoms with van der Waals surface area (Å²) in [6, 6.07) is 7.35. The van der Waals surface area contributed by atoms with E-state index in [0.717, 1.165) is 4.90 Å². The first kappa shape index (κ1) is 18.6. The van der Waals surface area contributed by atoms with E-state index in [1.165, 1.54) is 6.92 Å². The van der Waals surface area contributed by atoms with Gasteiger partial charge in [0.15, 0.2) is 0 Å². The van der Waals surface area contributed by atoms with Gasteiger partial charge in [0.25, 0.3) is 0 Å². The van der Waals surface area contributed by atoms with E-state index in [9.17, 15) is 19.5 Å². The number of rotatable bonds is 6. The molecule has 0 fully saturated rings. The quantitative estimate of drug-likeness (QED) is 0.738. The Balaban J connectivity index is 0.00000361. The standard InChI is InChI=1S/C13H16N2O4.Na/c1-9(16)15(10-5-3-2-4-6-10)11(13(18)19)7-8-12(14)17;/h2-6,11H,7-8H2,1H3,(H2,14,17)(H,18,19);/t11-;/m0./s1. The van der Waals surface area contributed by atoms with Crippen molar-refractivity contribution >= 4 is 53.0 Å². The molecule has 0 unspecified atom stereocenters. The van der Waals surface area contributed by atoms with Crippen LogP contribution < -0.4 is 10.6 Å². The molecule has 1 aromatic rings. The molecule has 0 aliphatic rings. The molecule has 0 aliphatic heterocycles. The van der Waals surface area contributed by atoms with Crippen molar-refractivity contribution in [2.24, 2.45) is 5.73 Å². The molecule has 7 heteroatoms. The third kappa shape index (κ3) is 5.32. The Bertz CT molecular complexity index is 479. The van der Waals surface area contributed by atoms with Crippen LogP contribution in [0, 0.1) is 0 Å². The van der Waals surface area contributed by atoms with Crippen molar-refractivity contribution in [2.45, 2.75) is 25.8 Å². The van der Waals surface area contributed by atoms with Crippen LogP contribution in [0.1, 0.15) is 19.8 Å². The van der Waals surface area contributed by atoms with Crippen LogP contribution in [-0.2, 0) is 14.4 Å². The Labute approximate surface area is 139 Å². The number of nitrogens with two attached hydrogens (primary N) is 1. The summed E-state index contributed by atoms with van der Waals surface area (Å²) in [4.78, 5) is 34.9.